The topological polar surface area (TPSA) is 3.24 Å². The molecule has 1 heterocycles. The summed E-state index contributed by atoms with van der Waals surface area (Å²) in [5.41, 5.74) is 0.803. The van der Waals surface area contributed by atoms with Gasteiger partial charge in [-0.1, -0.05) is 26.7 Å². The summed E-state index contributed by atoms with van der Waals surface area (Å²) in [5.74, 6) is 0.875. The summed E-state index contributed by atoms with van der Waals surface area (Å²) >= 11 is 0. The smallest absolute Gasteiger partial charge is 0.00505 e. The van der Waals surface area contributed by atoms with Gasteiger partial charge < -0.3 is 4.90 Å². The summed E-state index contributed by atoms with van der Waals surface area (Å²) < 4.78 is 0. The van der Waals surface area contributed by atoms with E-state index in [1.165, 1.54) is 51.7 Å². The fraction of sp³-hybridized carbons (Fsp3) is 1.00. The fourth-order valence-corrected chi connectivity index (χ4v) is 2.94. The first kappa shape index (κ1) is 9.51. The van der Waals surface area contributed by atoms with Crippen molar-refractivity contribution >= 4 is 0 Å². The average Bonchev–Trinajstić information content (AvgIpc) is 2.46. The van der Waals surface area contributed by atoms with Crippen LogP contribution in [0, 0.1) is 11.3 Å². The van der Waals surface area contributed by atoms with Gasteiger partial charge in [0.15, 0.2) is 0 Å². The first-order valence-electron chi connectivity index (χ1n) is 5.93. The SMILES string of the molecule is CC(C)CCN1CC2(CCCC2)C1. The normalized spacial score (nSPS) is 27.0. The van der Waals surface area contributed by atoms with Crippen molar-refractivity contribution in [2.24, 2.45) is 11.3 Å². The lowest BCUT2D eigenvalue weighted by Crippen LogP contribution is -2.55. The Labute approximate surface area is 82.5 Å². The number of hydrogen-bond acceptors (Lipinski definition) is 1. The van der Waals surface area contributed by atoms with Crippen LogP contribution in [-0.4, -0.2) is 24.5 Å². The van der Waals surface area contributed by atoms with Crippen LogP contribution in [0.1, 0.15) is 46.0 Å². The second kappa shape index (κ2) is 3.61. The highest BCUT2D eigenvalue weighted by atomic mass is 15.2. The molecule has 0 atom stereocenters. The molecular weight excluding hydrogens is 158 g/mol. The minimum absolute atomic E-state index is 0.803. The maximum atomic E-state index is 2.66. The van der Waals surface area contributed by atoms with Crippen molar-refractivity contribution in [3.8, 4) is 0 Å². The molecule has 1 spiro atoms. The molecule has 1 saturated carbocycles. The molecule has 13 heavy (non-hydrogen) atoms. The van der Waals surface area contributed by atoms with Crippen LogP contribution in [0.3, 0.4) is 0 Å². The van der Waals surface area contributed by atoms with Crippen molar-refractivity contribution in [2.75, 3.05) is 19.6 Å². The van der Waals surface area contributed by atoms with E-state index in [0.29, 0.717) is 0 Å². The van der Waals surface area contributed by atoms with Crippen molar-refractivity contribution in [3.05, 3.63) is 0 Å². The molecule has 0 amide bonds. The van der Waals surface area contributed by atoms with Gasteiger partial charge in [-0.2, -0.15) is 0 Å². The monoisotopic (exact) mass is 181 g/mol. The van der Waals surface area contributed by atoms with E-state index in [9.17, 15) is 0 Å². The Morgan fingerprint density at radius 3 is 2.31 bits per heavy atom. The van der Waals surface area contributed by atoms with E-state index in [4.69, 9.17) is 0 Å². The van der Waals surface area contributed by atoms with E-state index in [1.807, 2.05) is 0 Å². The van der Waals surface area contributed by atoms with Gasteiger partial charge in [0.25, 0.3) is 0 Å². The van der Waals surface area contributed by atoms with E-state index in [0.717, 1.165) is 11.3 Å². The highest BCUT2D eigenvalue weighted by Crippen LogP contribution is 2.45. The minimum Gasteiger partial charge on any atom is -0.302 e. The van der Waals surface area contributed by atoms with Gasteiger partial charge in [0, 0.05) is 13.1 Å². The van der Waals surface area contributed by atoms with Gasteiger partial charge in [-0.15, -0.1) is 0 Å². The number of hydrogen-bond donors (Lipinski definition) is 0. The van der Waals surface area contributed by atoms with E-state index in [2.05, 4.69) is 18.7 Å². The highest BCUT2D eigenvalue weighted by molar-refractivity contribution is 4.97. The Hall–Kier alpha value is -0.0400. The molecular formula is C12H23N. The zero-order valence-electron chi connectivity index (χ0n) is 9.18. The van der Waals surface area contributed by atoms with Gasteiger partial charge in [-0.25, -0.2) is 0 Å². The zero-order valence-corrected chi connectivity index (χ0v) is 9.18. The van der Waals surface area contributed by atoms with Crippen LogP contribution in [0.2, 0.25) is 0 Å². The second-order valence-corrected chi connectivity index (χ2v) is 5.60. The van der Waals surface area contributed by atoms with Crippen LogP contribution in [0.4, 0.5) is 0 Å². The molecule has 0 aromatic rings. The van der Waals surface area contributed by atoms with Gasteiger partial charge in [0.2, 0.25) is 0 Å². The summed E-state index contributed by atoms with van der Waals surface area (Å²) in [7, 11) is 0. The lowest BCUT2D eigenvalue weighted by molar-refractivity contribution is 0.00344. The van der Waals surface area contributed by atoms with Crippen LogP contribution in [0.5, 0.6) is 0 Å². The van der Waals surface area contributed by atoms with E-state index in [-0.39, 0.29) is 0 Å². The highest BCUT2D eigenvalue weighted by Gasteiger charge is 2.43. The molecule has 1 saturated heterocycles. The predicted molar refractivity (Wildman–Crippen MR) is 56.8 cm³/mol. The van der Waals surface area contributed by atoms with Gasteiger partial charge in [-0.3, -0.25) is 0 Å². The number of likely N-dealkylation sites (tertiary alicyclic amines) is 1. The molecule has 0 aromatic carbocycles. The molecule has 1 aliphatic heterocycles. The molecule has 2 fully saturated rings. The standard InChI is InChI=1S/C12H23N/c1-11(2)5-8-13-9-12(10-13)6-3-4-7-12/h11H,3-10H2,1-2H3. The zero-order chi connectivity index (χ0) is 9.31. The van der Waals surface area contributed by atoms with E-state index >= 15 is 0 Å². The van der Waals surface area contributed by atoms with Crippen molar-refractivity contribution < 1.29 is 0 Å². The predicted octanol–water partition coefficient (Wildman–Crippen LogP) is 2.91. The van der Waals surface area contributed by atoms with Crippen molar-refractivity contribution in [1.82, 2.24) is 4.90 Å². The van der Waals surface area contributed by atoms with Gasteiger partial charge >= 0.3 is 0 Å². The second-order valence-electron chi connectivity index (χ2n) is 5.60. The Morgan fingerprint density at radius 2 is 1.77 bits per heavy atom. The molecule has 76 valence electrons. The summed E-state index contributed by atoms with van der Waals surface area (Å²) in [6.07, 6.45) is 7.42. The number of nitrogens with zero attached hydrogens (tertiary/aromatic N) is 1. The van der Waals surface area contributed by atoms with E-state index in [1.54, 1.807) is 0 Å². The third-order valence-electron chi connectivity index (χ3n) is 3.80. The van der Waals surface area contributed by atoms with Crippen LogP contribution < -0.4 is 0 Å². The molecule has 2 rings (SSSR count). The van der Waals surface area contributed by atoms with Crippen molar-refractivity contribution in [2.45, 2.75) is 46.0 Å². The van der Waals surface area contributed by atoms with Gasteiger partial charge in [0.05, 0.1) is 0 Å². The summed E-state index contributed by atoms with van der Waals surface area (Å²) in [5, 5.41) is 0. The first-order chi connectivity index (χ1) is 6.20. The van der Waals surface area contributed by atoms with Crippen LogP contribution in [0.25, 0.3) is 0 Å². The Morgan fingerprint density at radius 1 is 1.15 bits per heavy atom. The third kappa shape index (κ3) is 2.07. The fourth-order valence-electron chi connectivity index (χ4n) is 2.94. The minimum atomic E-state index is 0.803. The lowest BCUT2D eigenvalue weighted by atomic mass is 9.78. The molecule has 0 bridgehead atoms. The molecule has 1 aliphatic carbocycles. The van der Waals surface area contributed by atoms with E-state index < -0.39 is 0 Å². The van der Waals surface area contributed by atoms with Gasteiger partial charge in [-0.05, 0) is 37.1 Å². The third-order valence-corrected chi connectivity index (χ3v) is 3.80. The lowest BCUT2D eigenvalue weighted by Gasteiger charge is -2.48. The summed E-state index contributed by atoms with van der Waals surface area (Å²) in [6, 6.07) is 0. The van der Waals surface area contributed by atoms with Crippen molar-refractivity contribution in [1.29, 1.82) is 0 Å². The molecule has 0 unspecified atom stereocenters. The maximum absolute atomic E-state index is 2.66. The van der Waals surface area contributed by atoms with Gasteiger partial charge in [0.1, 0.15) is 0 Å². The van der Waals surface area contributed by atoms with Crippen molar-refractivity contribution in [3.63, 3.8) is 0 Å². The maximum Gasteiger partial charge on any atom is 0.00505 e. The average molecular weight is 181 g/mol. The van der Waals surface area contributed by atoms with Crippen LogP contribution >= 0.6 is 0 Å². The molecule has 1 heteroatoms. The Balaban J connectivity index is 1.66. The first-order valence-corrected chi connectivity index (χ1v) is 5.93. The summed E-state index contributed by atoms with van der Waals surface area (Å²) in [6.45, 7) is 8.83. The molecule has 0 aromatic heterocycles. The largest absolute Gasteiger partial charge is 0.302 e. The molecule has 0 N–H and O–H groups in total. The molecule has 2 aliphatic rings. The summed E-state index contributed by atoms with van der Waals surface area (Å²) in [4.78, 5) is 2.66. The molecule has 1 nitrogen and oxygen atoms in total. The number of rotatable bonds is 3. The van der Waals surface area contributed by atoms with Crippen LogP contribution in [0.15, 0.2) is 0 Å². The Kier molecular flexibility index (Phi) is 2.64. The molecule has 0 radical (unpaired) electrons. The quantitative estimate of drug-likeness (QED) is 0.647. The Bertz CT molecular complexity index is 160. The van der Waals surface area contributed by atoms with Crippen LogP contribution in [-0.2, 0) is 0 Å².